The molecule has 70 valence electrons. The molecule has 1 spiro atoms. The molecular formula is C10H22N2+2. The lowest BCUT2D eigenvalue weighted by Gasteiger charge is -2.43. The summed E-state index contributed by atoms with van der Waals surface area (Å²) in [5.41, 5.74) is 0. The van der Waals surface area contributed by atoms with E-state index in [-0.39, 0.29) is 0 Å². The number of hydrogen-bond donors (Lipinski definition) is 1. The Morgan fingerprint density at radius 1 is 1.17 bits per heavy atom. The Hall–Kier alpha value is -0.0800. The van der Waals surface area contributed by atoms with Crippen LogP contribution in [0.2, 0.25) is 0 Å². The van der Waals surface area contributed by atoms with Gasteiger partial charge < -0.3 is 0 Å². The molecule has 2 nitrogen and oxygen atoms in total. The van der Waals surface area contributed by atoms with Crippen molar-refractivity contribution in [2.24, 2.45) is 5.92 Å². The first-order valence-electron chi connectivity index (χ1n) is 5.42. The van der Waals surface area contributed by atoms with Gasteiger partial charge in [0.1, 0.15) is 0 Å². The van der Waals surface area contributed by atoms with E-state index in [4.69, 9.17) is 0 Å². The predicted octanol–water partition coefficient (Wildman–Crippen LogP) is 0.156. The van der Waals surface area contributed by atoms with E-state index < -0.39 is 0 Å². The molecule has 0 saturated carbocycles. The van der Waals surface area contributed by atoms with E-state index in [1.807, 2.05) is 0 Å². The minimum absolute atomic E-state index is 0.837. The lowest BCUT2D eigenvalue weighted by molar-refractivity contribution is -1.06. The SMILES string of the molecule is CC1C[NH2+]C(C)[N+]2(CCCC2)C1. The summed E-state index contributed by atoms with van der Waals surface area (Å²) in [6.45, 7) is 10.5. The van der Waals surface area contributed by atoms with Crippen molar-refractivity contribution in [2.75, 3.05) is 26.2 Å². The fourth-order valence-corrected chi connectivity index (χ4v) is 3.07. The summed E-state index contributed by atoms with van der Waals surface area (Å²) >= 11 is 0. The standard InChI is InChI=1S/C10H21N2/c1-9-7-11-10(2)12(8-9)5-3-4-6-12/h9-11H,3-8H2,1-2H3/q+1/p+1. The van der Waals surface area contributed by atoms with Crippen LogP contribution in [0.25, 0.3) is 0 Å². The number of hydrogen-bond acceptors (Lipinski definition) is 0. The van der Waals surface area contributed by atoms with Crippen LogP contribution in [0.1, 0.15) is 26.7 Å². The normalized spacial score (nSPS) is 40.5. The number of quaternary nitrogens is 2. The highest BCUT2D eigenvalue weighted by molar-refractivity contribution is 4.61. The van der Waals surface area contributed by atoms with Gasteiger partial charge in [0.25, 0.3) is 0 Å². The Balaban J connectivity index is 2.09. The van der Waals surface area contributed by atoms with Crippen LogP contribution >= 0.6 is 0 Å². The number of nitrogens with two attached hydrogens (primary N) is 1. The minimum atomic E-state index is 0.837. The maximum atomic E-state index is 2.56. The molecule has 0 aliphatic carbocycles. The second kappa shape index (κ2) is 3.00. The van der Waals surface area contributed by atoms with Crippen molar-refractivity contribution in [3.8, 4) is 0 Å². The number of nitrogens with zero attached hydrogens (tertiary/aromatic N) is 1. The lowest BCUT2D eigenvalue weighted by atomic mass is 10.1. The van der Waals surface area contributed by atoms with Crippen LogP contribution in [0.5, 0.6) is 0 Å². The van der Waals surface area contributed by atoms with Gasteiger partial charge in [-0.1, -0.05) is 6.92 Å². The topological polar surface area (TPSA) is 16.6 Å². The van der Waals surface area contributed by atoms with Gasteiger partial charge >= 0.3 is 0 Å². The van der Waals surface area contributed by atoms with E-state index in [9.17, 15) is 0 Å². The molecule has 0 amide bonds. The first-order valence-corrected chi connectivity index (χ1v) is 5.42. The summed E-state index contributed by atoms with van der Waals surface area (Å²) in [5, 5.41) is 2.56. The summed E-state index contributed by atoms with van der Waals surface area (Å²) in [6, 6.07) is 0. The summed E-state index contributed by atoms with van der Waals surface area (Å²) < 4.78 is 1.42. The number of rotatable bonds is 0. The Morgan fingerprint density at radius 2 is 1.83 bits per heavy atom. The zero-order valence-electron chi connectivity index (χ0n) is 8.42. The van der Waals surface area contributed by atoms with E-state index in [2.05, 4.69) is 19.2 Å². The van der Waals surface area contributed by atoms with Gasteiger partial charge in [0.15, 0.2) is 0 Å². The zero-order chi connectivity index (χ0) is 8.60. The molecule has 2 atom stereocenters. The fourth-order valence-electron chi connectivity index (χ4n) is 3.07. The quantitative estimate of drug-likeness (QED) is 0.499. The van der Waals surface area contributed by atoms with Crippen molar-refractivity contribution in [3.05, 3.63) is 0 Å². The first kappa shape index (κ1) is 8.52. The van der Waals surface area contributed by atoms with Gasteiger partial charge in [-0.15, -0.1) is 0 Å². The first-order chi connectivity index (χ1) is 5.73. The van der Waals surface area contributed by atoms with Crippen molar-refractivity contribution in [2.45, 2.75) is 32.9 Å². The van der Waals surface area contributed by atoms with Gasteiger partial charge in [0.2, 0.25) is 6.17 Å². The van der Waals surface area contributed by atoms with Crippen molar-refractivity contribution in [1.82, 2.24) is 0 Å². The van der Waals surface area contributed by atoms with E-state index in [0.29, 0.717) is 0 Å². The summed E-state index contributed by atoms with van der Waals surface area (Å²) in [5.74, 6) is 0.930. The Bertz CT molecular complexity index is 161. The maximum absolute atomic E-state index is 2.56. The molecule has 12 heavy (non-hydrogen) atoms. The molecule has 2 aliphatic heterocycles. The fraction of sp³-hybridized carbons (Fsp3) is 1.00. The van der Waals surface area contributed by atoms with E-state index in [1.165, 1.54) is 43.5 Å². The Labute approximate surface area is 75.5 Å². The lowest BCUT2D eigenvalue weighted by Crippen LogP contribution is -2.99. The third-order valence-corrected chi connectivity index (χ3v) is 3.88. The van der Waals surface area contributed by atoms with Crippen molar-refractivity contribution < 1.29 is 9.80 Å². The third-order valence-electron chi connectivity index (χ3n) is 3.88. The molecule has 2 fully saturated rings. The predicted molar refractivity (Wildman–Crippen MR) is 49.5 cm³/mol. The molecule has 0 aromatic carbocycles. The molecule has 2 saturated heterocycles. The largest absolute Gasteiger partial charge is 0.297 e. The van der Waals surface area contributed by atoms with Crippen LogP contribution in [-0.2, 0) is 0 Å². The van der Waals surface area contributed by atoms with E-state index >= 15 is 0 Å². The zero-order valence-corrected chi connectivity index (χ0v) is 8.42. The summed E-state index contributed by atoms with van der Waals surface area (Å²) in [6.07, 6.45) is 3.76. The molecule has 2 rings (SSSR count). The highest BCUT2D eigenvalue weighted by atomic mass is 15.5. The highest BCUT2D eigenvalue weighted by Crippen LogP contribution is 2.24. The molecule has 0 aromatic heterocycles. The van der Waals surface area contributed by atoms with Crippen LogP contribution in [0.3, 0.4) is 0 Å². The van der Waals surface area contributed by atoms with Crippen molar-refractivity contribution >= 4 is 0 Å². The second-order valence-corrected chi connectivity index (χ2v) is 4.87. The highest BCUT2D eigenvalue weighted by Gasteiger charge is 2.43. The minimum Gasteiger partial charge on any atom is -0.297 e. The van der Waals surface area contributed by atoms with E-state index in [0.717, 1.165) is 12.1 Å². The molecule has 0 aromatic rings. The van der Waals surface area contributed by atoms with Crippen LogP contribution in [0, 0.1) is 5.92 Å². The summed E-state index contributed by atoms with van der Waals surface area (Å²) in [7, 11) is 0. The molecular weight excluding hydrogens is 148 g/mol. The van der Waals surface area contributed by atoms with E-state index in [1.54, 1.807) is 0 Å². The van der Waals surface area contributed by atoms with Gasteiger partial charge in [-0.3, -0.25) is 9.80 Å². The average molecular weight is 170 g/mol. The van der Waals surface area contributed by atoms with Crippen LogP contribution in [-0.4, -0.2) is 36.8 Å². The van der Waals surface area contributed by atoms with Crippen LogP contribution in [0.15, 0.2) is 0 Å². The van der Waals surface area contributed by atoms with Gasteiger partial charge in [-0.05, 0) is 0 Å². The molecule has 2 aliphatic rings. The Kier molecular flexibility index (Phi) is 2.13. The smallest absolute Gasteiger partial charge is 0.210 e. The molecule has 2 unspecified atom stereocenters. The molecule has 2 heteroatoms. The maximum Gasteiger partial charge on any atom is 0.210 e. The second-order valence-electron chi connectivity index (χ2n) is 4.87. The van der Waals surface area contributed by atoms with Gasteiger partial charge in [-0.2, -0.15) is 0 Å². The van der Waals surface area contributed by atoms with Crippen LogP contribution in [0.4, 0.5) is 0 Å². The van der Waals surface area contributed by atoms with Gasteiger partial charge in [-0.25, -0.2) is 0 Å². The van der Waals surface area contributed by atoms with Gasteiger partial charge in [0.05, 0.1) is 32.1 Å². The summed E-state index contributed by atoms with van der Waals surface area (Å²) in [4.78, 5) is 0. The van der Waals surface area contributed by atoms with Crippen molar-refractivity contribution in [1.29, 1.82) is 0 Å². The molecule has 2 N–H and O–H groups in total. The molecule has 2 heterocycles. The van der Waals surface area contributed by atoms with Crippen molar-refractivity contribution in [3.63, 3.8) is 0 Å². The van der Waals surface area contributed by atoms with Gasteiger partial charge in [0, 0.05) is 19.8 Å². The third kappa shape index (κ3) is 1.27. The average Bonchev–Trinajstić information content (AvgIpc) is 2.48. The van der Waals surface area contributed by atoms with Crippen LogP contribution < -0.4 is 5.32 Å². The molecule has 0 bridgehead atoms. The Morgan fingerprint density at radius 3 is 2.50 bits per heavy atom. The monoisotopic (exact) mass is 170 g/mol. The molecule has 0 radical (unpaired) electrons.